The van der Waals surface area contributed by atoms with E-state index in [-0.39, 0.29) is 5.91 Å². The second-order valence-corrected chi connectivity index (χ2v) is 3.78. The number of halogens is 1. The molecule has 1 aromatic heterocycles. The van der Waals surface area contributed by atoms with Crippen molar-refractivity contribution in [1.29, 1.82) is 0 Å². The molecule has 0 unspecified atom stereocenters. The summed E-state index contributed by atoms with van der Waals surface area (Å²) in [5, 5.41) is 3.15. The van der Waals surface area contributed by atoms with E-state index in [0.717, 1.165) is 12.1 Å². The van der Waals surface area contributed by atoms with Crippen molar-refractivity contribution >= 4 is 17.5 Å². The van der Waals surface area contributed by atoms with Crippen LogP contribution in [-0.4, -0.2) is 17.4 Å². The molecule has 1 rings (SSSR count). The first-order valence-electron chi connectivity index (χ1n) is 4.99. The molecule has 1 aromatic rings. The molecule has 0 aliphatic heterocycles. The van der Waals surface area contributed by atoms with Gasteiger partial charge in [-0.3, -0.25) is 9.78 Å². The second-order valence-electron chi connectivity index (χ2n) is 3.37. The van der Waals surface area contributed by atoms with E-state index in [2.05, 4.69) is 16.2 Å². The molecule has 4 heteroatoms. The molecule has 1 amide bonds. The summed E-state index contributed by atoms with van der Waals surface area (Å²) in [6, 6.07) is 1.66. The number of unbranched alkanes of at least 4 members (excludes halogenated alkanes) is 1. The molecule has 84 valence electrons. The maximum Gasteiger partial charge on any atom is 0.254 e. The Kier molecular flexibility index (Phi) is 4.81. The SMILES string of the molecule is C#CCCCNC(=O)c1cnc(C)cc1Cl. The van der Waals surface area contributed by atoms with Crippen molar-refractivity contribution in [3.05, 3.63) is 28.5 Å². The average molecular weight is 237 g/mol. The van der Waals surface area contributed by atoms with Crippen LogP contribution >= 0.6 is 11.6 Å². The van der Waals surface area contributed by atoms with Gasteiger partial charge in [0.15, 0.2) is 0 Å². The number of terminal acetylenes is 1. The molecule has 0 bridgehead atoms. The van der Waals surface area contributed by atoms with E-state index in [9.17, 15) is 4.79 Å². The molecule has 0 spiro atoms. The smallest absolute Gasteiger partial charge is 0.254 e. The van der Waals surface area contributed by atoms with Gasteiger partial charge >= 0.3 is 0 Å². The number of aryl methyl sites for hydroxylation is 1. The first-order valence-corrected chi connectivity index (χ1v) is 5.36. The summed E-state index contributed by atoms with van der Waals surface area (Å²) in [5.74, 6) is 2.30. The zero-order chi connectivity index (χ0) is 12.0. The highest BCUT2D eigenvalue weighted by Crippen LogP contribution is 2.15. The van der Waals surface area contributed by atoms with Crippen LogP contribution in [0.3, 0.4) is 0 Å². The normalized spacial score (nSPS) is 9.56. The van der Waals surface area contributed by atoms with Gasteiger partial charge in [-0.2, -0.15) is 0 Å². The van der Waals surface area contributed by atoms with Crippen molar-refractivity contribution in [2.75, 3.05) is 6.54 Å². The van der Waals surface area contributed by atoms with Gasteiger partial charge in [0.1, 0.15) is 0 Å². The topological polar surface area (TPSA) is 42.0 Å². The molecule has 0 aliphatic rings. The number of hydrogen-bond donors (Lipinski definition) is 1. The number of amides is 1. The van der Waals surface area contributed by atoms with Gasteiger partial charge in [0, 0.05) is 24.9 Å². The molecule has 0 atom stereocenters. The van der Waals surface area contributed by atoms with E-state index in [1.54, 1.807) is 6.07 Å². The standard InChI is InChI=1S/C12H13ClN2O/c1-3-4-5-6-14-12(16)10-8-15-9(2)7-11(10)13/h1,7-8H,4-6H2,2H3,(H,14,16). The van der Waals surface area contributed by atoms with Gasteiger partial charge < -0.3 is 5.32 Å². The Bertz CT molecular complexity index is 424. The number of nitrogens with one attached hydrogen (secondary N) is 1. The zero-order valence-electron chi connectivity index (χ0n) is 9.09. The summed E-state index contributed by atoms with van der Waals surface area (Å²) >= 11 is 5.93. The van der Waals surface area contributed by atoms with Crippen LogP contribution in [0, 0.1) is 19.3 Å². The maximum absolute atomic E-state index is 11.7. The second kappa shape index (κ2) is 6.14. The molecular formula is C12H13ClN2O. The Balaban J connectivity index is 2.57. The van der Waals surface area contributed by atoms with Gasteiger partial charge in [0.05, 0.1) is 10.6 Å². The summed E-state index contributed by atoms with van der Waals surface area (Å²) in [7, 11) is 0. The van der Waals surface area contributed by atoms with Gasteiger partial charge in [0.2, 0.25) is 0 Å². The number of hydrogen-bond acceptors (Lipinski definition) is 2. The third-order valence-electron chi connectivity index (χ3n) is 2.02. The number of pyridine rings is 1. The lowest BCUT2D eigenvalue weighted by molar-refractivity contribution is 0.0953. The minimum atomic E-state index is -0.213. The van der Waals surface area contributed by atoms with Crippen molar-refractivity contribution in [3.63, 3.8) is 0 Å². The highest BCUT2D eigenvalue weighted by Gasteiger charge is 2.09. The lowest BCUT2D eigenvalue weighted by Crippen LogP contribution is -2.24. The molecule has 0 radical (unpaired) electrons. The van der Waals surface area contributed by atoms with E-state index in [0.29, 0.717) is 23.6 Å². The number of rotatable bonds is 4. The molecular weight excluding hydrogens is 224 g/mol. The highest BCUT2D eigenvalue weighted by molar-refractivity contribution is 6.33. The predicted octanol–water partition coefficient (Wildman–Crippen LogP) is 2.19. The lowest BCUT2D eigenvalue weighted by atomic mass is 10.2. The van der Waals surface area contributed by atoms with E-state index >= 15 is 0 Å². The van der Waals surface area contributed by atoms with Gasteiger partial charge in [-0.15, -0.1) is 12.3 Å². The molecule has 1 N–H and O–H groups in total. The number of nitrogens with zero attached hydrogens (tertiary/aromatic N) is 1. The summed E-state index contributed by atoms with van der Waals surface area (Å²) in [6.45, 7) is 2.37. The molecule has 3 nitrogen and oxygen atoms in total. The largest absolute Gasteiger partial charge is 0.352 e. The van der Waals surface area contributed by atoms with Gasteiger partial charge in [-0.25, -0.2) is 0 Å². The van der Waals surface area contributed by atoms with Crippen molar-refractivity contribution < 1.29 is 4.79 Å². The van der Waals surface area contributed by atoms with Gasteiger partial charge in [-0.1, -0.05) is 11.6 Å². The highest BCUT2D eigenvalue weighted by atomic mass is 35.5. The first-order chi connectivity index (χ1) is 7.65. The van der Waals surface area contributed by atoms with Crippen molar-refractivity contribution in [2.45, 2.75) is 19.8 Å². The van der Waals surface area contributed by atoms with Crippen LogP contribution < -0.4 is 5.32 Å². The molecule has 16 heavy (non-hydrogen) atoms. The van der Waals surface area contributed by atoms with Crippen molar-refractivity contribution in [1.82, 2.24) is 10.3 Å². The minimum Gasteiger partial charge on any atom is -0.352 e. The van der Waals surface area contributed by atoms with Crippen LogP contribution in [0.5, 0.6) is 0 Å². The lowest BCUT2D eigenvalue weighted by Gasteiger charge is -2.05. The Hall–Kier alpha value is -1.53. The summed E-state index contributed by atoms with van der Waals surface area (Å²) in [6.07, 6.45) is 8.00. The Labute approximate surface area is 100 Å². The quantitative estimate of drug-likeness (QED) is 0.643. The van der Waals surface area contributed by atoms with E-state index < -0.39 is 0 Å². The van der Waals surface area contributed by atoms with Crippen LogP contribution in [-0.2, 0) is 0 Å². The van der Waals surface area contributed by atoms with Crippen LogP contribution in [0.1, 0.15) is 28.9 Å². The van der Waals surface area contributed by atoms with Crippen molar-refractivity contribution in [2.24, 2.45) is 0 Å². The minimum absolute atomic E-state index is 0.213. The van der Waals surface area contributed by atoms with Crippen LogP contribution in [0.2, 0.25) is 5.02 Å². The molecule has 0 fully saturated rings. The molecule has 0 saturated heterocycles. The fourth-order valence-electron chi connectivity index (χ4n) is 1.18. The third kappa shape index (κ3) is 3.56. The fraction of sp³-hybridized carbons (Fsp3) is 0.333. The van der Waals surface area contributed by atoms with Crippen LogP contribution in [0.4, 0.5) is 0 Å². The molecule has 0 aromatic carbocycles. The zero-order valence-corrected chi connectivity index (χ0v) is 9.84. The predicted molar refractivity (Wildman–Crippen MR) is 64.4 cm³/mol. The monoisotopic (exact) mass is 236 g/mol. The van der Waals surface area contributed by atoms with Crippen LogP contribution in [0.25, 0.3) is 0 Å². The average Bonchev–Trinajstić information content (AvgIpc) is 2.24. The Morgan fingerprint density at radius 1 is 1.69 bits per heavy atom. The Morgan fingerprint density at radius 3 is 3.06 bits per heavy atom. The van der Waals surface area contributed by atoms with Crippen molar-refractivity contribution in [3.8, 4) is 12.3 Å². The number of aromatic nitrogens is 1. The molecule has 0 saturated carbocycles. The molecule has 1 heterocycles. The first kappa shape index (κ1) is 12.5. The molecule has 0 aliphatic carbocycles. The van der Waals surface area contributed by atoms with Gasteiger partial charge in [0.25, 0.3) is 5.91 Å². The number of carbonyl (C=O) groups excluding carboxylic acids is 1. The summed E-state index contributed by atoms with van der Waals surface area (Å²) < 4.78 is 0. The van der Waals surface area contributed by atoms with Crippen LogP contribution in [0.15, 0.2) is 12.3 Å². The van der Waals surface area contributed by atoms with E-state index in [1.165, 1.54) is 6.20 Å². The number of carbonyl (C=O) groups is 1. The van der Waals surface area contributed by atoms with E-state index in [1.807, 2.05) is 6.92 Å². The van der Waals surface area contributed by atoms with Gasteiger partial charge in [-0.05, 0) is 19.4 Å². The fourth-order valence-corrected chi connectivity index (χ4v) is 1.47. The van der Waals surface area contributed by atoms with E-state index in [4.69, 9.17) is 18.0 Å². The maximum atomic E-state index is 11.7. The Morgan fingerprint density at radius 2 is 2.44 bits per heavy atom. The summed E-state index contributed by atoms with van der Waals surface area (Å²) in [4.78, 5) is 15.7. The summed E-state index contributed by atoms with van der Waals surface area (Å²) in [5.41, 5.74) is 1.18. The third-order valence-corrected chi connectivity index (χ3v) is 2.33.